The second-order valence-corrected chi connectivity index (χ2v) is 4.22. The van der Waals surface area contributed by atoms with Crippen LogP contribution < -0.4 is 0 Å². The summed E-state index contributed by atoms with van der Waals surface area (Å²) in [5, 5.41) is 0. The molecule has 0 unspecified atom stereocenters. The van der Waals surface area contributed by atoms with Crippen LogP contribution in [0.1, 0.15) is 32.6 Å². The molecule has 3 heteroatoms. The molecular weight excluding hydrogens is 210 g/mol. The zero-order chi connectivity index (χ0) is 11.9. The van der Waals surface area contributed by atoms with Crippen molar-refractivity contribution in [2.75, 3.05) is 0 Å². The summed E-state index contributed by atoms with van der Waals surface area (Å²) in [5.41, 5.74) is 0.952. The minimum atomic E-state index is 0.952. The van der Waals surface area contributed by atoms with E-state index in [0.29, 0.717) is 0 Å². The number of unbranched alkanes of at least 4 members (excludes halogenated alkanes) is 3. The molecule has 0 aliphatic heterocycles. The van der Waals surface area contributed by atoms with E-state index < -0.39 is 0 Å². The van der Waals surface area contributed by atoms with E-state index in [9.17, 15) is 0 Å². The van der Waals surface area contributed by atoms with Crippen molar-refractivity contribution in [1.29, 1.82) is 0 Å². The molecular formula is C14H19N3. The summed E-state index contributed by atoms with van der Waals surface area (Å²) in [6.07, 6.45) is 10.8. The van der Waals surface area contributed by atoms with Crippen LogP contribution in [0.3, 0.4) is 0 Å². The fraction of sp³-hybridized carbons (Fsp3) is 0.429. The van der Waals surface area contributed by atoms with Crippen LogP contribution in [0.25, 0.3) is 11.5 Å². The second-order valence-electron chi connectivity index (χ2n) is 4.22. The van der Waals surface area contributed by atoms with Crippen LogP contribution in [0, 0.1) is 0 Å². The fourth-order valence-corrected chi connectivity index (χ4v) is 1.93. The Labute approximate surface area is 103 Å². The summed E-state index contributed by atoms with van der Waals surface area (Å²) < 4.78 is 2.19. The molecule has 0 amide bonds. The lowest BCUT2D eigenvalue weighted by molar-refractivity contribution is 0.585. The Kier molecular flexibility index (Phi) is 4.30. The molecule has 0 bridgehead atoms. The van der Waals surface area contributed by atoms with Crippen LogP contribution in [0.5, 0.6) is 0 Å². The maximum Gasteiger partial charge on any atom is 0.158 e. The third-order valence-corrected chi connectivity index (χ3v) is 2.86. The van der Waals surface area contributed by atoms with Crippen molar-refractivity contribution >= 4 is 0 Å². The molecule has 0 aromatic carbocycles. The van der Waals surface area contributed by atoms with E-state index in [1.807, 2.05) is 36.8 Å². The molecule has 90 valence electrons. The molecule has 3 nitrogen and oxygen atoms in total. The number of imidazole rings is 1. The molecule has 0 saturated heterocycles. The largest absolute Gasteiger partial charge is 0.330 e. The first-order valence-corrected chi connectivity index (χ1v) is 6.34. The Morgan fingerprint density at radius 2 is 2.00 bits per heavy atom. The van der Waals surface area contributed by atoms with Gasteiger partial charge in [0.1, 0.15) is 5.69 Å². The number of aromatic nitrogens is 3. The van der Waals surface area contributed by atoms with Crippen LogP contribution in [-0.2, 0) is 6.54 Å². The van der Waals surface area contributed by atoms with Gasteiger partial charge in [0.25, 0.3) is 0 Å². The molecule has 2 heterocycles. The monoisotopic (exact) mass is 229 g/mol. The van der Waals surface area contributed by atoms with E-state index in [4.69, 9.17) is 0 Å². The van der Waals surface area contributed by atoms with Crippen molar-refractivity contribution in [3.63, 3.8) is 0 Å². The van der Waals surface area contributed by atoms with Gasteiger partial charge in [-0.05, 0) is 18.6 Å². The molecule has 2 aromatic heterocycles. The van der Waals surface area contributed by atoms with E-state index in [0.717, 1.165) is 18.1 Å². The number of hydrogen-bond donors (Lipinski definition) is 0. The smallest absolute Gasteiger partial charge is 0.158 e. The molecule has 0 aliphatic carbocycles. The summed E-state index contributed by atoms with van der Waals surface area (Å²) in [7, 11) is 0. The van der Waals surface area contributed by atoms with Crippen molar-refractivity contribution in [2.45, 2.75) is 39.2 Å². The van der Waals surface area contributed by atoms with Crippen molar-refractivity contribution in [3.8, 4) is 11.5 Å². The quantitative estimate of drug-likeness (QED) is 0.709. The first-order chi connectivity index (χ1) is 8.42. The minimum absolute atomic E-state index is 0.952. The molecule has 0 N–H and O–H groups in total. The summed E-state index contributed by atoms with van der Waals surface area (Å²) in [6, 6.07) is 5.93. The van der Waals surface area contributed by atoms with Gasteiger partial charge in [0.2, 0.25) is 0 Å². The molecule has 17 heavy (non-hydrogen) atoms. The van der Waals surface area contributed by atoms with Gasteiger partial charge in [-0.25, -0.2) is 4.98 Å². The van der Waals surface area contributed by atoms with Crippen molar-refractivity contribution in [1.82, 2.24) is 14.5 Å². The minimum Gasteiger partial charge on any atom is -0.330 e. The summed E-state index contributed by atoms with van der Waals surface area (Å²) in [5.74, 6) is 0.974. The lowest BCUT2D eigenvalue weighted by Crippen LogP contribution is -2.00. The zero-order valence-corrected chi connectivity index (χ0v) is 10.3. The van der Waals surface area contributed by atoms with Crippen LogP contribution in [0.4, 0.5) is 0 Å². The summed E-state index contributed by atoms with van der Waals surface area (Å²) >= 11 is 0. The predicted octanol–water partition coefficient (Wildman–Crippen LogP) is 3.53. The lowest BCUT2D eigenvalue weighted by Gasteiger charge is -2.06. The SMILES string of the molecule is CCCCCCn1ccnc1-c1ccccn1. The Morgan fingerprint density at radius 3 is 2.76 bits per heavy atom. The highest BCUT2D eigenvalue weighted by Crippen LogP contribution is 2.15. The highest BCUT2D eigenvalue weighted by Gasteiger charge is 2.05. The van der Waals surface area contributed by atoms with Gasteiger partial charge >= 0.3 is 0 Å². The zero-order valence-electron chi connectivity index (χ0n) is 10.3. The van der Waals surface area contributed by atoms with Gasteiger partial charge in [-0.3, -0.25) is 4.98 Å². The summed E-state index contributed by atoms with van der Waals surface area (Å²) in [6.45, 7) is 3.27. The molecule has 0 aliphatic rings. The summed E-state index contributed by atoms with van der Waals surface area (Å²) in [4.78, 5) is 8.73. The topological polar surface area (TPSA) is 30.7 Å². The number of nitrogens with zero attached hydrogens (tertiary/aromatic N) is 3. The molecule has 0 radical (unpaired) electrons. The number of rotatable bonds is 6. The van der Waals surface area contributed by atoms with E-state index in [1.165, 1.54) is 25.7 Å². The second kappa shape index (κ2) is 6.18. The van der Waals surface area contributed by atoms with Crippen molar-refractivity contribution in [3.05, 3.63) is 36.8 Å². The normalized spacial score (nSPS) is 10.6. The van der Waals surface area contributed by atoms with Crippen LogP contribution in [0.15, 0.2) is 36.8 Å². The number of hydrogen-bond acceptors (Lipinski definition) is 2. The maximum atomic E-state index is 4.39. The van der Waals surface area contributed by atoms with Crippen LogP contribution >= 0.6 is 0 Å². The number of aryl methyl sites for hydroxylation is 1. The van der Waals surface area contributed by atoms with Crippen LogP contribution in [0.2, 0.25) is 0 Å². The van der Waals surface area contributed by atoms with Gasteiger partial charge in [-0.15, -0.1) is 0 Å². The Balaban J connectivity index is 2.02. The van der Waals surface area contributed by atoms with E-state index in [-0.39, 0.29) is 0 Å². The van der Waals surface area contributed by atoms with Gasteiger partial charge < -0.3 is 4.57 Å². The van der Waals surface area contributed by atoms with Gasteiger partial charge in [-0.2, -0.15) is 0 Å². The molecule has 0 spiro atoms. The standard InChI is InChI=1S/C14H19N3/c1-2-3-4-7-11-17-12-10-16-14(17)13-8-5-6-9-15-13/h5-6,8-10,12H,2-4,7,11H2,1H3. The average Bonchev–Trinajstić information content (AvgIpc) is 2.84. The number of pyridine rings is 1. The first kappa shape index (κ1) is 11.8. The Morgan fingerprint density at radius 1 is 1.06 bits per heavy atom. The predicted molar refractivity (Wildman–Crippen MR) is 69.6 cm³/mol. The lowest BCUT2D eigenvalue weighted by atomic mass is 10.2. The van der Waals surface area contributed by atoms with E-state index in [1.54, 1.807) is 0 Å². The van der Waals surface area contributed by atoms with Gasteiger partial charge in [0, 0.05) is 25.1 Å². The van der Waals surface area contributed by atoms with Crippen molar-refractivity contribution in [2.24, 2.45) is 0 Å². The fourth-order valence-electron chi connectivity index (χ4n) is 1.93. The average molecular weight is 229 g/mol. The van der Waals surface area contributed by atoms with Crippen LogP contribution in [-0.4, -0.2) is 14.5 Å². The Hall–Kier alpha value is -1.64. The third kappa shape index (κ3) is 3.16. The molecule has 2 aromatic rings. The molecule has 0 saturated carbocycles. The van der Waals surface area contributed by atoms with Crippen molar-refractivity contribution < 1.29 is 0 Å². The van der Waals surface area contributed by atoms with Gasteiger partial charge in [0.05, 0.1) is 0 Å². The highest BCUT2D eigenvalue weighted by molar-refractivity contribution is 5.48. The third-order valence-electron chi connectivity index (χ3n) is 2.86. The maximum absolute atomic E-state index is 4.39. The van der Waals surface area contributed by atoms with E-state index >= 15 is 0 Å². The van der Waals surface area contributed by atoms with Gasteiger partial charge in [0.15, 0.2) is 5.82 Å². The molecule has 2 rings (SSSR count). The molecule has 0 fully saturated rings. The van der Waals surface area contributed by atoms with E-state index in [2.05, 4.69) is 21.5 Å². The first-order valence-electron chi connectivity index (χ1n) is 6.34. The Bertz CT molecular complexity index is 434. The molecule has 0 atom stereocenters. The highest BCUT2D eigenvalue weighted by atomic mass is 15.1. The van der Waals surface area contributed by atoms with Gasteiger partial charge in [-0.1, -0.05) is 32.3 Å².